The number of carbonyl (C=O) groups excluding carboxylic acids is 1. The standard InChI is InChI=1S/C22H32N8O/c1-5-11-28(16-20(31)29-12-6-7-18(29)14-23)22(3,4)8-13-30-17(2)26-21(27-30)19-15-24-9-10-25-19/h9-10,15,18H,5-8,11-13,16H2,1-4H3/t18-/m0/s1. The van der Waals surface area contributed by atoms with Gasteiger partial charge in [0, 0.05) is 31.0 Å². The summed E-state index contributed by atoms with van der Waals surface area (Å²) in [4.78, 5) is 29.8. The Morgan fingerprint density at radius 2 is 2.19 bits per heavy atom. The molecule has 1 amide bonds. The van der Waals surface area contributed by atoms with Gasteiger partial charge >= 0.3 is 0 Å². The average Bonchev–Trinajstić information content (AvgIpc) is 3.39. The molecule has 0 unspecified atom stereocenters. The van der Waals surface area contributed by atoms with E-state index in [-0.39, 0.29) is 17.5 Å². The smallest absolute Gasteiger partial charge is 0.237 e. The van der Waals surface area contributed by atoms with Gasteiger partial charge in [-0.1, -0.05) is 6.92 Å². The number of nitriles is 1. The van der Waals surface area contributed by atoms with E-state index in [1.54, 1.807) is 23.5 Å². The zero-order valence-electron chi connectivity index (χ0n) is 19.0. The largest absolute Gasteiger partial charge is 0.326 e. The maximum absolute atomic E-state index is 12.9. The molecule has 1 fully saturated rings. The molecule has 31 heavy (non-hydrogen) atoms. The van der Waals surface area contributed by atoms with E-state index in [1.165, 1.54) is 0 Å². The Labute approximate surface area is 184 Å². The lowest BCUT2D eigenvalue weighted by Gasteiger charge is -2.39. The molecule has 0 aliphatic carbocycles. The number of nitrogens with zero attached hydrogens (tertiary/aromatic N) is 8. The minimum Gasteiger partial charge on any atom is -0.326 e. The Morgan fingerprint density at radius 3 is 2.87 bits per heavy atom. The molecule has 1 saturated heterocycles. The third-order valence-corrected chi connectivity index (χ3v) is 5.98. The van der Waals surface area contributed by atoms with Gasteiger partial charge in [-0.15, -0.1) is 5.10 Å². The van der Waals surface area contributed by atoms with Crippen LogP contribution in [0, 0.1) is 18.3 Å². The summed E-state index contributed by atoms with van der Waals surface area (Å²) in [6, 6.07) is 1.98. The van der Waals surface area contributed by atoms with Crippen LogP contribution in [0.5, 0.6) is 0 Å². The summed E-state index contributed by atoms with van der Waals surface area (Å²) >= 11 is 0. The monoisotopic (exact) mass is 424 g/mol. The molecule has 9 nitrogen and oxygen atoms in total. The zero-order valence-corrected chi connectivity index (χ0v) is 19.0. The first-order chi connectivity index (χ1) is 14.9. The van der Waals surface area contributed by atoms with E-state index in [0.717, 1.165) is 38.1 Å². The van der Waals surface area contributed by atoms with Crippen molar-refractivity contribution >= 4 is 5.91 Å². The number of amides is 1. The topological polar surface area (TPSA) is 104 Å². The fourth-order valence-corrected chi connectivity index (χ4v) is 4.01. The van der Waals surface area contributed by atoms with Crippen LogP contribution in [0.25, 0.3) is 11.5 Å². The van der Waals surface area contributed by atoms with Crippen LogP contribution >= 0.6 is 0 Å². The van der Waals surface area contributed by atoms with Crippen molar-refractivity contribution in [3.05, 3.63) is 24.4 Å². The van der Waals surface area contributed by atoms with Gasteiger partial charge in [-0.05, 0) is 53.0 Å². The van der Waals surface area contributed by atoms with E-state index < -0.39 is 0 Å². The summed E-state index contributed by atoms with van der Waals surface area (Å²) < 4.78 is 1.89. The van der Waals surface area contributed by atoms with Crippen LogP contribution < -0.4 is 0 Å². The Kier molecular flexibility index (Phi) is 7.33. The second-order valence-corrected chi connectivity index (χ2v) is 8.65. The molecule has 0 saturated carbocycles. The average molecular weight is 425 g/mol. The van der Waals surface area contributed by atoms with Gasteiger partial charge < -0.3 is 4.90 Å². The fourth-order valence-electron chi connectivity index (χ4n) is 4.01. The van der Waals surface area contributed by atoms with Crippen LogP contribution in [0.4, 0.5) is 0 Å². The number of hydrogen-bond donors (Lipinski definition) is 0. The summed E-state index contributed by atoms with van der Waals surface area (Å²) in [7, 11) is 0. The maximum Gasteiger partial charge on any atom is 0.237 e. The van der Waals surface area contributed by atoms with E-state index in [2.05, 4.69) is 51.8 Å². The number of aromatic nitrogens is 5. The lowest BCUT2D eigenvalue weighted by Crippen LogP contribution is -2.51. The van der Waals surface area contributed by atoms with Crippen molar-refractivity contribution in [2.45, 2.75) is 71.5 Å². The highest BCUT2D eigenvalue weighted by atomic mass is 16.2. The first-order valence-corrected chi connectivity index (χ1v) is 11.0. The van der Waals surface area contributed by atoms with Crippen LogP contribution in [-0.2, 0) is 11.3 Å². The second-order valence-electron chi connectivity index (χ2n) is 8.65. The molecule has 0 spiro atoms. The van der Waals surface area contributed by atoms with Crippen molar-refractivity contribution < 1.29 is 4.79 Å². The van der Waals surface area contributed by atoms with Crippen molar-refractivity contribution in [2.75, 3.05) is 19.6 Å². The van der Waals surface area contributed by atoms with Crippen LogP contribution in [-0.4, -0.2) is 71.7 Å². The van der Waals surface area contributed by atoms with Crippen molar-refractivity contribution in [1.29, 1.82) is 5.26 Å². The predicted octanol–water partition coefficient (Wildman–Crippen LogP) is 2.44. The predicted molar refractivity (Wildman–Crippen MR) is 117 cm³/mol. The normalized spacial score (nSPS) is 16.6. The number of carbonyl (C=O) groups is 1. The van der Waals surface area contributed by atoms with E-state index in [4.69, 9.17) is 0 Å². The van der Waals surface area contributed by atoms with Crippen LogP contribution in [0.2, 0.25) is 0 Å². The van der Waals surface area contributed by atoms with Crippen molar-refractivity contribution in [1.82, 2.24) is 34.5 Å². The van der Waals surface area contributed by atoms with E-state index in [9.17, 15) is 10.1 Å². The Morgan fingerprint density at radius 1 is 1.39 bits per heavy atom. The van der Waals surface area contributed by atoms with Gasteiger partial charge in [0.25, 0.3) is 0 Å². The summed E-state index contributed by atoms with van der Waals surface area (Å²) in [6.45, 7) is 10.9. The highest BCUT2D eigenvalue weighted by Gasteiger charge is 2.33. The van der Waals surface area contributed by atoms with Crippen molar-refractivity contribution in [3.63, 3.8) is 0 Å². The van der Waals surface area contributed by atoms with Gasteiger partial charge in [-0.2, -0.15) is 5.26 Å². The molecule has 0 radical (unpaired) electrons. The molecule has 0 N–H and O–H groups in total. The molecule has 1 atom stereocenters. The lowest BCUT2D eigenvalue weighted by atomic mass is 9.97. The highest BCUT2D eigenvalue weighted by molar-refractivity contribution is 5.79. The number of hydrogen-bond acceptors (Lipinski definition) is 7. The Balaban J connectivity index is 1.67. The minimum absolute atomic E-state index is 0.0486. The second kappa shape index (κ2) is 9.96. The Bertz CT molecular complexity index is 917. The first-order valence-electron chi connectivity index (χ1n) is 11.0. The molecule has 0 aromatic carbocycles. The summed E-state index contributed by atoms with van der Waals surface area (Å²) in [5.41, 5.74) is 0.443. The van der Waals surface area contributed by atoms with Crippen LogP contribution in [0.15, 0.2) is 18.6 Å². The molecule has 0 bridgehead atoms. The quantitative estimate of drug-likeness (QED) is 0.609. The number of aryl methyl sites for hydroxylation is 2. The number of rotatable bonds is 9. The summed E-state index contributed by atoms with van der Waals surface area (Å²) in [5.74, 6) is 1.44. The summed E-state index contributed by atoms with van der Waals surface area (Å²) in [6.07, 6.45) is 8.36. The van der Waals surface area contributed by atoms with Gasteiger partial charge in [0.15, 0.2) is 0 Å². The molecule has 2 aromatic rings. The molecule has 9 heteroatoms. The van der Waals surface area contributed by atoms with Crippen molar-refractivity contribution in [2.24, 2.45) is 0 Å². The molecule has 1 aliphatic rings. The van der Waals surface area contributed by atoms with Gasteiger partial charge in [-0.25, -0.2) is 14.6 Å². The van der Waals surface area contributed by atoms with E-state index in [0.29, 0.717) is 31.2 Å². The SMILES string of the molecule is CCCN(CC(=O)N1CCC[C@H]1C#N)C(C)(C)CCn1nc(-c2cnccn2)nc1C. The first kappa shape index (κ1) is 22.8. The molecule has 3 rings (SSSR count). The van der Waals surface area contributed by atoms with Crippen LogP contribution in [0.1, 0.15) is 52.3 Å². The molecule has 1 aliphatic heterocycles. The third-order valence-electron chi connectivity index (χ3n) is 5.98. The lowest BCUT2D eigenvalue weighted by molar-refractivity contribution is -0.134. The third kappa shape index (κ3) is 5.44. The molecule has 3 heterocycles. The van der Waals surface area contributed by atoms with E-state index >= 15 is 0 Å². The minimum atomic E-state index is -0.281. The van der Waals surface area contributed by atoms with Gasteiger partial charge in [0.2, 0.25) is 11.7 Å². The molecule has 166 valence electrons. The van der Waals surface area contributed by atoms with Crippen LogP contribution in [0.3, 0.4) is 0 Å². The summed E-state index contributed by atoms with van der Waals surface area (Å²) in [5, 5.41) is 13.9. The van der Waals surface area contributed by atoms with Gasteiger partial charge in [0.1, 0.15) is 17.6 Å². The van der Waals surface area contributed by atoms with Gasteiger partial charge in [0.05, 0.1) is 18.8 Å². The Hall–Kier alpha value is -2.86. The fraction of sp³-hybridized carbons (Fsp3) is 0.636. The number of likely N-dealkylation sites (tertiary alicyclic amines) is 1. The molecular formula is C22H32N8O. The highest BCUT2D eigenvalue weighted by Crippen LogP contribution is 2.23. The van der Waals surface area contributed by atoms with Gasteiger partial charge in [-0.3, -0.25) is 14.7 Å². The molecular weight excluding hydrogens is 392 g/mol. The maximum atomic E-state index is 12.9. The molecule has 2 aromatic heterocycles. The van der Waals surface area contributed by atoms with Crippen molar-refractivity contribution in [3.8, 4) is 17.6 Å². The zero-order chi connectivity index (χ0) is 22.4. The van der Waals surface area contributed by atoms with E-state index in [1.807, 2.05) is 11.6 Å².